The summed E-state index contributed by atoms with van der Waals surface area (Å²) in [7, 11) is 0. The average Bonchev–Trinajstić information content (AvgIpc) is 3.08. The van der Waals surface area contributed by atoms with Crippen LogP contribution in [0.4, 0.5) is 0 Å². The number of aryl methyl sites for hydroxylation is 2. The Morgan fingerprint density at radius 3 is 2.48 bits per heavy atom. The number of fused-ring (bicyclic) bond motifs is 1. The van der Waals surface area contributed by atoms with Gasteiger partial charge in [0.25, 0.3) is 0 Å². The lowest BCUT2D eigenvalue weighted by Gasteiger charge is -2.35. The van der Waals surface area contributed by atoms with Crippen molar-refractivity contribution >= 4 is 28.7 Å². The number of benzene rings is 2. The first-order chi connectivity index (χ1) is 14.1. The van der Waals surface area contributed by atoms with Crippen molar-refractivity contribution in [2.45, 2.75) is 38.4 Å². The number of nitrogens with zero attached hydrogens (tertiary/aromatic N) is 3. The molecule has 4 nitrogen and oxygen atoms in total. The minimum absolute atomic E-state index is 0.232. The molecule has 2 heterocycles. The van der Waals surface area contributed by atoms with Crippen LogP contribution in [0, 0.1) is 11.8 Å². The SMILES string of the molecule is C[C@H]1C[C@H](C)CN(C(=O)CSc2nc3ccccc3n2CCc2ccccc2)C1. The molecule has 0 radical (unpaired) electrons. The Balaban J connectivity index is 1.48. The van der Waals surface area contributed by atoms with Gasteiger partial charge in [0.05, 0.1) is 16.8 Å². The number of carbonyl (C=O) groups excluding carboxylic acids is 1. The van der Waals surface area contributed by atoms with E-state index < -0.39 is 0 Å². The number of amides is 1. The molecule has 5 heteroatoms. The van der Waals surface area contributed by atoms with E-state index in [1.165, 1.54) is 12.0 Å². The second kappa shape index (κ2) is 9.04. The van der Waals surface area contributed by atoms with E-state index in [0.29, 0.717) is 17.6 Å². The maximum absolute atomic E-state index is 12.8. The monoisotopic (exact) mass is 407 g/mol. The zero-order chi connectivity index (χ0) is 20.2. The third-order valence-corrected chi connectivity index (χ3v) is 6.59. The van der Waals surface area contributed by atoms with Crippen LogP contribution in [0.5, 0.6) is 0 Å². The van der Waals surface area contributed by atoms with E-state index in [9.17, 15) is 4.79 Å². The maximum atomic E-state index is 12.8. The number of likely N-dealkylation sites (tertiary alicyclic amines) is 1. The Hall–Kier alpha value is -2.27. The van der Waals surface area contributed by atoms with Gasteiger partial charge in [-0.1, -0.05) is 68.1 Å². The van der Waals surface area contributed by atoms with E-state index in [0.717, 1.165) is 42.2 Å². The maximum Gasteiger partial charge on any atom is 0.233 e. The lowest BCUT2D eigenvalue weighted by Crippen LogP contribution is -2.43. The molecule has 2 atom stereocenters. The van der Waals surface area contributed by atoms with E-state index in [1.807, 2.05) is 23.1 Å². The number of aromatic nitrogens is 2. The molecule has 3 aromatic rings. The number of carbonyl (C=O) groups is 1. The van der Waals surface area contributed by atoms with Gasteiger partial charge < -0.3 is 9.47 Å². The summed E-state index contributed by atoms with van der Waals surface area (Å²) in [6.45, 7) is 7.11. The van der Waals surface area contributed by atoms with Crippen LogP contribution in [-0.2, 0) is 17.8 Å². The highest BCUT2D eigenvalue weighted by Crippen LogP contribution is 2.26. The van der Waals surface area contributed by atoms with Crippen LogP contribution in [0.1, 0.15) is 25.8 Å². The molecular weight excluding hydrogens is 378 g/mol. The Morgan fingerprint density at radius 1 is 1.03 bits per heavy atom. The number of hydrogen-bond acceptors (Lipinski definition) is 3. The molecule has 1 aliphatic heterocycles. The number of imidazole rings is 1. The fourth-order valence-corrected chi connectivity index (χ4v) is 5.29. The van der Waals surface area contributed by atoms with E-state index in [4.69, 9.17) is 4.98 Å². The number of para-hydroxylation sites is 2. The predicted molar refractivity (Wildman–Crippen MR) is 120 cm³/mol. The Morgan fingerprint density at radius 2 is 1.72 bits per heavy atom. The number of rotatable bonds is 6. The highest BCUT2D eigenvalue weighted by molar-refractivity contribution is 7.99. The van der Waals surface area contributed by atoms with Crippen LogP contribution < -0.4 is 0 Å². The van der Waals surface area contributed by atoms with Crippen LogP contribution >= 0.6 is 11.8 Å². The van der Waals surface area contributed by atoms with Crippen molar-refractivity contribution < 1.29 is 4.79 Å². The largest absolute Gasteiger partial charge is 0.341 e. The van der Waals surface area contributed by atoms with E-state index in [2.05, 4.69) is 54.8 Å². The molecule has 0 N–H and O–H groups in total. The normalized spacial score (nSPS) is 19.6. The zero-order valence-corrected chi connectivity index (χ0v) is 18.1. The lowest BCUT2D eigenvalue weighted by atomic mass is 9.92. The van der Waals surface area contributed by atoms with E-state index in [1.54, 1.807) is 11.8 Å². The van der Waals surface area contributed by atoms with Gasteiger partial charge in [0.15, 0.2) is 5.16 Å². The topological polar surface area (TPSA) is 38.1 Å². The highest BCUT2D eigenvalue weighted by atomic mass is 32.2. The molecule has 0 aliphatic carbocycles. The summed E-state index contributed by atoms with van der Waals surface area (Å²) in [6, 6.07) is 18.8. The molecule has 0 saturated carbocycles. The second-order valence-electron chi connectivity index (χ2n) is 8.30. The first kappa shape index (κ1) is 20.0. The molecule has 4 rings (SSSR count). The minimum atomic E-state index is 0.232. The van der Waals surface area contributed by atoms with E-state index in [-0.39, 0.29) is 5.91 Å². The molecular formula is C24H29N3OS. The molecule has 0 unspecified atom stereocenters. The summed E-state index contributed by atoms with van der Waals surface area (Å²) in [5, 5.41) is 0.939. The van der Waals surface area contributed by atoms with Crippen LogP contribution in [0.2, 0.25) is 0 Å². The van der Waals surface area contributed by atoms with Gasteiger partial charge in [0, 0.05) is 19.6 Å². The quantitative estimate of drug-likeness (QED) is 0.547. The molecule has 1 fully saturated rings. The van der Waals surface area contributed by atoms with Crippen molar-refractivity contribution in [3.8, 4) is 0 Å². The van der Waals surface area contributed by atoms with Crippen molar-refractivity contribution in [2.75, 3.05) is 18.8 Å². The van der Waals surface area contributed by atoms with Crippen molar-refractivity contribution in [1.29, 1.82) is 0 Å². The van der Waals surface area contributed by atoms with Crippen molar-refractivity contribution in [2.24, 2.45) is 11.8 Å². The third-order valence-electron chi connectivity index (χ3n) is 5.63. The molecule has 29 heavy (non-hydrogen) atoms. The fraction of sp³-hybridized carbons (Fsp3) is 0.417. The molecule has 0 spiro atoms. The van der Waals surface area contributed by atoms with Crippen molar-refractivity contribution in [1.82, 2.24) is 14.5 Å². The van der Waals surface area contributed by atoms with Gasteiger partial charge in [-0.2, -0.15) is 0 Å². The molecule has 2 aromatic carbocycles. The van der Waals surface area contributed by atoms with E-state index >= 15 is 0 Å². The average molecular weight is 408 g/mol. The summed E-state index contributed by atoms with van der Waals surface area (Å²) < 4.78 is 2.27. The Kier molecular flexibility index (Phi) is 6.24. The van der Waals surface area contributed by atoms with Crippen molar-refractivity contribution in [3.05, 3.63) is 60.2 Å². The Labute approximate surface area is 177 Å². The first-order valence-corrected chi connectivity index (χ1v) is 11.5. The molecule has 1 aliphatic rings. The van der Waals surface area contributed by atoms with Gasteiger partial charge in [0.2, 0.25) is 5.91 Å². The number of thioether (sulfide) groups is 1. The van der Waals surface area contributed by atoms with Gasteiger partial charge in [-0.3, -0.25) is 4.79 Å². The number of hydrogen-bond donors (Lipinski definition) is 0. The first-order valence-electron chi connectivity index (χ1n) is 10.5. The van der Waals surface area contributed by atoms with Crippen LogP contribution in [0.3, 0.4) is 0 Å². The molecule has 152 valence electrons. The predicted octanol–water partition coefficient (Wildman–Crippen LogP) is 4.88. The van der Waals surface area contributed by atoms with Crippen LogP contribution in [0.15, 0.2) is 59.8 Å². The lowest BCUT2D eigenvalue weighted by molar-refractivity contribution is -0.130. The summed E-state index contributed by atoms with van der Waals surface area (Å²) in [6.07, 6.45) is 2.16. The zero-order valence-electron chi connectivity index (χ0n) is 17.3. The van der Waals surface area contributed by atoms with Gasteiger partial charge in [-0.25, -0.2) is 4.98 Å². The Bertz CT molecular complexity index is 959. The smallest absolute Gasteiger partial charge is 0.233 e. The van der Waals surface area contributed by atoms with Crippen LogP contribution in [-0.4, -0.2) is 39.2 Å². The molecule has 0 bridgehead atoms. The summed E-state index contributed by atoms with van der Waals surface area (Å²) >= 11 is 1.57. The third kappa shape index (κ3) is 4.84. The standard InChI is InChI=1S/C24H29N3OS/c1-18-14-19(2)16-26(15-18)23(28)17-29-24-25-21-10-6-7-11-22(21)27(24)13-12-20-8-4-3-5-9-20/h3-11,18-19H,12-17H2,1-2H3/t18-,19-/m0/s1. The number of piperidine rings is 1. The second-order valence-corrected chi connectivity index (χ2v) is 9.25. The fourth-order valence-electron chi connectivity index (χ4n) is 4.35. The highest BCUT2D eigenvalue weighted by Gasteiger charge is 2.25. The minimum Gasteiger partial charge on any atom is -0.341 e. The molecule has 1 aromatic heterocycles. The molecule has 1 saturated heterocycles. The van der Waals surface area contributed by atoms with Gasteiger partial charge >= 0.3 is 0 Å². The molecule has 1 amide bonds. The van der Waals surface area contributed by atoms with Gasteiger partial charge in [0.1, 0.15) is 0 Å². The van der Waals surface area contributed by atoms with Crippen molar-refractivity contribution in [3.63, 3.8) is 0 Å². The summed E-state index contributed by atoms with van der Waals surface area (Å²) in [5.74, 6) is 1.86. The van der Waals surface area contributed by atoms with Gasteiger partial charge in [-0.15, -0.1) is 0 Å². The van der Waals surface area contributed by atoms with Gasteiger partial charge in [-0.05, 0) is 42.4 Å². The summed E-state index contributed by atoms with van der Waals surface area (Å²) in [5.41, 5.74) is 3.45. The summed E-state index contributed by atoms with van der Waals surface area (Å²) in [4.78, 5) is 19.7. The van der Waals surface area contributed by atoms with Crippen LogP contribution in [0.25, 0.3) is 11.0 Å².